The van der Waals surface area contributed by atoms with E-state index in [0.29, 0.717) is 16.6 Å². The Morgan fingerprint density at radius 1 is 1.13 bits per heavy atom. The van der Waals surface area contributed by atoms with E-state index in [1.165, 1.54) is 23.0 Å². The molecule has 31 heavy (non-hydrogen) atoms. The number of aromatic nitrogens is 2. The van der Waals surface area contributed by atoms with Crippen LogP contribution in [0.3, 0.4) is 0 Å². The zero-order valence-corrected chi connectivity index (χ0v) is 17.7. The predicted octanol–water partition coefficient (Wildman–Crippen LogP) is 2.16. The van der Waals surface area contributed by atoms with Crippen LogP contribution < -0.4 is 10.5 Å². The van der Waals surface area contributed by atoms with Gasteiger partial charge in [0.15, 0.2) is 0 Å². The number of carboxylic acids is 1. The Morgan fingerprint density at radius 2 is 1.90 bits per heavy atom. The summed E-state index contributed by atoms with van der Waals surface area (Å²) in [5.41, 5.74) is 2.86. The molecular formula is C23H26N4O4. The molecule has 0 saturated carbocycles. The van der Waals surface area contributed by atoms with Gasteiger partial charge in [-0.1, -0.05) is 6.07 Å². The maximum absolute atomic E-state index is 13.3. The number of benzene rings is 2. The minimum absolute atomic E-state index is 0.132. The van der Waals surface area contributed by atoms with Gasteiger partial charge in [0.1, 0.15) is 6.33 Å². The Morgan fingerprint density at radius 3 is 2.61 bits per heavy atom. The third kappa shape index (κ3) is 4.30. The second kappa shape index (κ2) is 8.87. The lowest BCUT2D eigenvalue weighted by molar-refractivity contribution is 0.0697. The standard InChI is InChI=1S/C23H26N4O4/c1-16-3-4-17(23(29)30)13-21(16)27-15-24-20-6-5-18(14-19(20)22(27)28)26-9-7-25(8-10-26)11-12-31-2/h3-6,13-15H,7-12H2,1-2H3,(H,29,30). The number of ether oxygens (including phenoxy) is 1. The summed E-state index contributed by atoms with van der Waals surface area (Å²) in [6.07, 6.45) is 1.47. The summed E-state index contributed by atoms with van der Waals surface area (Å²) in [6.45, 7) is 7.14. The highest BCUT2D eigenvalue weighted by molar-refractivity contribution is 5.88. The van der Waals surface area contributed by atoms with Crippen LogP contribution in [0.25, 0.3) is 16.6 Å². The molecule has 4 rings (SSSR count). The molecule has 8 heteroatoms. The first-order chi connectivity index (χ1) is 15.0. The van der Waals surface area contributed by atoms with Gasteiger partial charge >= 0.3 is 5.97 Å². The Balaban J connectivity index is 1.67. The van der Waals surface area contributed by atoms with Crippen molar-refractivity contribution in [1.82, 2.24) is 14.5 Å². The van der Waals surface area contributed by atoms with Crippen molar-refractivity contribution in [2.45, 2.75) is 6.92 Å². The maximum Gasteiger partial charge on any atom is 0.335 e. The summed E-state index contributed by atoms with van der Waals surface area (Å²) in [5.74, 6) is -1.03. The molecule has 1 saturated heterocycles. The van der Waals surface area contributed by atoms with Crippen LogP contribution in [0.1, 0.15) is 15.9 Å². The van der Waals surface area contributed by atoms with Crippen LogP contribution >= 0.6 is 0 Å². The summed E-state index contributed by atoms with van der Waals surface area (Å²) in [7, 11) is 1.71. The Labute approximate surface area is 180 Å². The SMILES string of the molecule is COCCN1CCN(c2ccc3ncn(-c4cc(C(=O)O)ccc4C)c(=O)c3c2)CC1. The third-order valence-electron chi connectivity index (χ3n) is 5.81. The molecule has 3 aromatic rings. The topological polar surface area (TPSA) is 87.9 Å². The number of nitrogens with zero attached hydrogens (tertiary/aromatic N) is 4. The van der Waals surface area contributed by atoms with Crippen LogP contribution in [-0.4, -0.2) is 72.0 Å². The van der Waals surface area contributed by atoms with Gasteiger partial charge in [0.25, 0.3) is 5.56 Å². The number of fused-ring (bicyclic) bond motifs is 1. The number of aryl methyl sites for hydroxylation is 1. The molecule has 2 heterocycles. The van der Waals surface area contributed by atoms with Crippen molar-refractivity contribution in [3.63, 3.8) is 0 Å². The molecule has 1 aromatic heterocycles. The number of piperazine rings is 1. The summed E-state index contributed by atoms with van der Waals surface area (Å²) >= 11 is 0. The zero-order chi connectivity index (χ0) is 22.0. The lowest BCUT2D eigenvalue weighted by atomic mass is 10.1. The van der Waals surface area contributed by atoms with Crippen molar-refractivity contribution in [1.29, 1.82) is 0 Å². The van der Waals surface area contributed by atoms with Crippen LogP contribution in [0.5, 0.6) is 0 Å². The van der Waals surface area contributed by atoms with Gasteiger partial charge in [0, 0.05) is 45.5 Å². The largest absolute Gasteiger partial charge is 0.478 e. The highest BCUT2D eigenvalue weighted by Gasteiger charge is 2.18. The first-order valence-electron chi connectivity index (χ1n) is 10.3. The Bertz CT molecular complexity index is 1170. The number of rotatable bonds is 6. The fraction of sp³-hybridized carbons (Fsp3) is 0.348. The summed E-state index contributed by atoms with van der Waals surface area (Å²) in [4.78, 5) is 33.8. The molecule has 0 atom stereocenters. The smallest absolute Gasteiger partial charge is 0.335 e. The summed E-state index contributed by atoms with van der Waals surface area (Å²) in [6, 6.07) is 10.5. The number of anilines is 1. The summed E-state index contributed by atoms with van der Waals surface area (Å²) in [5, 5.41) is 9.83. The van der Waals surface area contributed by atoms with Crippen molar-refractivity contribution < 1.29 is 14.6 Å². The number of methoxy groups -OCH3 is 1. The van der Waals surface area contributed by atoms with E-state index in [2.05, 4.69) is 14.8 Å². The summed E-state index contributed by atoms with van der Waals surface area (Å²) < 4.78 is 6.59. The second-order valence-corrected chi connectivity index (χ2v) is 7.75. The van der Waals surface area contributed by atoms with Crippen molar-refractivity contribution in [3.05, 3.63) is 64.2 Å². The molecule has 0 radical (unpaired) electrons. The normalized spacial score (nSPS) is 14.8. The number of carbonyl (C=O) groups is 1. The Kier molecular flexibility index (Phi) is 6.01. The fourth-order valence-corrected chi connectivity index (χ4v) is 3.93. The molecule has 0 unspecified atom stereocenters. The lowest BCUT2D eigenvalue weighted by Gasteiger charge is -2.36. The highest BCUT2D eigenvalue weighted by Crippen LogP contribution is 2.22. The van der Waals surface area contributed by atoms with Crippen LogP contribution in [0.2, 0.25) is 0 Å². The molecule has 8 nitrogen and oxygen atoms in total. The molecule has 0 spiro atoms. The van der Waals surface area contributed by atoms with Gasteiger partial charge in [-0.15, -0.1) is 0 Å². The molecular weight excluding hydrogens is 396 g/mol. The molecule has 1 aliphatic rings. The van der Waals surface area contributed by atoms with Gasteiger partial charge in [0.05, 0.1) is 28.8 Å². The van der Waals surface area contributed by atoms with Gasteiger partial charge in [-0.2, -0.15) is 0 Å². The van der Waals surface area contributed by atoms with E-state index in [1.807, 2.05) is 25.1 Å². The van der Waals surface area contributed by atoms with Gasteiger partial charge < -0.3 is 14.7 Å². The molecule has 0 bridgehead atoms. The van der Waals surface area contributed by atoms with Crippen LogP contribution in [0.15, 0.2) is 47.5 Å². The average molecular weight is 422 g/mol. The van der Waals surface area contributed by atoms with E-state index >= 15 is 0 Å². The first kappa shape index (κ1) is 21.0. The van der Waals surface area contributed by atoms with Gasteiger partial charge in [-0.3, -0.25) is 14.3 Å². The molecule has 2 aromatic carbocycles. The highest BCUT2D eigenvalue weighted by atomic mass is 16.5. The molecule has 162 valence electrons. The van der Waals surface area contributed by atoms with Crippen molar-refractivity contribution in [3.8, 4) is 5.69 Å². The molecule has 1 aliphatic heterocycles. The minimum Gasteiger partial charge on any atom is -0.478 e. The predicted molar refractivity (Wildman–Crippen MR) is 120 cm³/mol. The van der Waals surface area contributed by atoms with Crippen LogP contribution in [0.4, 0.5) is 5.69 Å². The van der Waals surface area contributed by atoms with Crippen LogP contribution in [0, 0.1) is 6.92 Å². The third-order valence-corrected chi connectivity index (χ3v) is 5.81. The zero-order valence-electron chi connectivity index (χ0n) is 17.7. The monoisotopic (exact) mass is 422 g/mol. The quantitative estimate of drug-likeness (QED) is 0.651. The van der Waals surface area contributed by atoms with E-state index in [9.17, 15) is 14.7 Å². The fourth-order valence-electron chi connectivity index (χ4n) is 3.93. The van der Waals surface area contributed by atoms with E-state index < -0.39 is 5.97 Å². The van der Waals surface area contributed by atoms with Crippen LogP contribution in [-0.2, 0) is 4.74 Å². The number of hydrogen-bond acceptors (Lipinski definition) is 6. The average Bonchev–Trinajstić information content (AvgIpc) is 2.78. The Hall–Kier alpha value is -3.23. The van der Waals surface area contributed by atoms with E-state index in [-0.39, 0.29) is 11.1 Å². The van der Waals surface area contributed by atoms with Gasteiger partial charge in [-0.05, 0) is 42.8 Å². The minimum atomic E-state index is -1.03. The van der Waals surface area contributed by atoms with Crippen molar-refractivity contribution in [2.75, 3.05) is 51.3 Å². The molecule has 0 aliphatic carbocycles. The van der Waals surface area contributed by atoms with Crippen molar-refractivity contribution in [2.24, 2.45) is 0 Å². The first-order valence-corrected chi connectivity index (χ1v) is 10.3. The van der Waals surface area contributed by atoms with Gasteiger partial charge in [-0.25, -0.2) is 9.78 Å². The number of aromatic carboxylic acids is 1. The molecule has 0 amide bonds. The van der Waals surface area contributed by atoms with E-state index in [0.717, 1.165) is 50.6 Å². The number of carboxylic acid groups (broad SMARTS) is 1. The van der Waals surface area contributed by atoms with Crippen molar-refractivity contribution >= 4 is 22.6 Å². The van der Waals surface area contributed by atoms with Gasteiger partial charge in [0.2, 0.25) is 0 Å². The van der Waals surface area contributed by atoms with E-state index in [4.69, 9.17) is 4.74 Å². The maximum atomic E-state index is 13.3. The second-order valence-electron chi connectivity index (χ2n) is 7.75. The van der Waals surface area contributed by atoms with E-state index in [1.54, 1.807) is 13.2 Å². The molecule has 1 N–H and O–H groups in total. The number of hydrogen-bond donors (Lipinski definition) is 1. The molecule has 1 fully saturated rings. The lowest BCUT2D eigenvalue weighted by Crippen LogP contribution is -2.47.